The van der Waals surface area contributed by atoms with Crippen LogP contribution in [0.15, 0.2) is 30.3 Å². The summed E-state index contributed by atoms with van der Waals surface area (Å²) in [5.74, 6) is -0.110. The quantitative estimate of drug-likeness (QED) is 0.911. The Morgan fingerprint density at radius 1 is 1.12 bits per heavy atom. The van der Waals surface area contributed by atoms with E-state index in [-0.39, 0.29) is 17.9 Å². The standard InChI is InChI=1S/C19H23N3O2/c23-18(17-12-13-6-4-5-9-15(13)20-17)21-16-10-11-22(19(16)24)14-7-2-1-3-8-14/h4-6,9,12,14,16,20H,1-3,7-8,10-11H2,(H,21,23). The van der Waals surface area contributed by atoms with Crippen molar-refractivity contribution in [3.8, 4) is 0 Å². The van der Waals surface area contributed by atoms with Crippen LogP contribution in [-0.2, 0) is 4.79 Å². The Morgan fingerprint density at radius 2 is 1.92 bits per heavy atom. The summed E-state index contributed by atoms with van der Waals surface area (Å²) in [4.78, 5) is 30.2. The third kappa shape index (κ3) is 2.79. The van der Waals surface area contributed by atoms with Crippen molar-refractivity contribution in [1.82, 2.24) is 15.2 Å². The average Bonchev–Trinajstić information content (AvgIpc) is 3.20. The molecule has 5 nitrogen and oxygen atoms in total. The van der Waals surface area contributed by atoms with E-state index in [2.05, 4.69) is 10.3 Å². The lowest BCUT2D eigenvalue weighted by atomic mass is 9.94. The van der Waals surface area contributed by atoms with E-state index in [1.54, 1.807) is 0 Å². The van der Waals surface area contributed by atoms with Crippen molar-refractivity contribution in [2.75, 3.05) is 6.54 Å². The highest BCUT2D eigenvalue weighted by atomic mass is 16.2. The van der Waals surface area contributed by atoms with Crippen LogP contribution in [0.25, 0.3) is 10.9 Å². The molecule has 1 unspecified atom stereocenters. The average molecular weight is 325 g/mol. The zero-order chi connectivity index (χ0) is 16.5. The highest BCUT2D eigenvalue weighted by Crippen LogP contribution is 2.26. The van der Waals surface area contributed by atoms with Gasteiger partial charge in [0, 0.05) is 23.5 Å². The van der Waals surface area contributed by atoms with Gasteiger partial charge in [-0.25, -0.2) is 0 Å². The van der Waals surface area contributed by atoms with Crippen LogP contribution < -0.4 is 5.32 Å². The van der Waals surface area contributed by atoms with Gasteiger partial charge in [0.15, 0.2) is 0 Å². The largest absolute Gasteiger partial charge is 0.351 e. The molecule has 2 fully saturated rings. The molecule has 2 heterocycles. The van der Waals surface area contributed by atoms with Crippen molar-refractivity contribution in [3.05, 3.63) is 36.0 Å². The van der Waals surface area contributed by atoms with Crippen LogP contribution in [-0.4, -0.2) is 40.3 Å². The van der Waals surface area contributed by atoms with Gasteiger partial charge in [-0.15, -0.1) is 0 Å². The molecule has 1 aromatic heterocycles. The van der Waals surface area contributed by atoms with E-state index >= 15 is 0 Å². The Hall–Kier alpha value is -2.30. The van der Waals surface area contributed by atoms with Crippen molar-refractivity contribution in [3.63, 3.8) is 0 Å². The molecule has 0 bridgehead atoms. The lowest BCUT2D eigenvalue weighted by Crippen LogP contribution is -2.45. The van der Waals surface area contributed by atoms with Crippen LogP contribution in [0.2, 0.25) is 0 Å². The first-order valence-electron chi connectivity index (χ1n) is 8.91. The minimum atomic E-state index is -0.383. The molecule has 2 aromatic rings. The maximum atomic E-state index is 12.6. The van der Waals surface area contributed by atoms with Crippen LogP contribution in [0.1, 0.15) is 49.0 Å². The van der Waals surface area contributed by atoms with Gasteiger partial charge in [0.25, 0.3) is 5.91 Å². The second kappa shape index (κ2) is 6.30. The van der Waals surface area contributed by atoms with Crippen molar-refractivity contribution < 1.29 is 9.59 Å². The Labute approximate surface area is 141 Å². The van der Waals surface area contributed by atoms with E-state index < -0.39 is 0 Å². The van der Waals surface area contributed by atoms with Crippen LogP contribution in [0.3, 0.4) is 0 Å². The number of aromatic amines is 1. The summed E-state index contributed by atoms with van der Waals surface area (Å²) in [5, 5.41) is 3.92. The SMILES string of the molecule is O=C(NC1CCN(C2CCCCC2)C1=O)c1cc2ccccc2[nH]1. The Kier molecular flexibility index (Phi) is 4.00. The summed E-state index contributed by atoms with van der Waals surface area (Å²) in [6.45, 7) is 0.765. The molecule has 1 aliphatic carbocycles. The highest BCUT2D eigenvalue weighted by Gasteiger charge is 2.37. The van der Waals surface area contributed by atoms with E-state index in [0.29, 0.717) is 18.2 Å². The lowest BCUT2D eigenvalue weighted by Gasteiger charge is -2.31. The van der Waals surface area contributed by atoms with Gasteiger partial charge in [-0.3, -0.25) is 9.59 Å². The topological polar surface area (TPSA) is 65.2 Å². The number of carbonyl (C=O) groups excluding carboxylic acids is 2. The number of aromatic nitrogens is 1. The van der Waals surface area contributed by atoms with Crippen LogP contribution in [0, 0.1) is 0 Å². The van der Waals surface area contributed by atoms with Crippen molar-refractivity contribution >= 4 is 22.7 Å². The first-order valence-corrected chi connectivity index (χ1v) is 8.91. The first kappa shape index (κ1) is 15.2. The number of fused-ring (bicyclic) bond motifs is 1. The van der Waals surface area contributed by atoms with Gasteiger partial charge in [-0.05, 0) is 31.4 Å². The number of likely N-dealkylation sites (tertiary alicyclic amines) is 1. The van der Waals surface area contributed by atoms with E-state index in [9.17, 15) is 9.59 Å². The minimum Gasteiger partial charge on any atom is -0.351 e. The number of nitrogens with zero attached hydrogens (tertiary/aromatic N) is 1. The maximum Gasteiger partial charge on any atom is 0.268 e. The van der Waals surface area contributed by atoms with Crippen molar-refractivity contribution in [1.29, 1.82) is 0 Å². The molecule has 0 spiro atoms. The third-order valence-electron chi connectivity index (χ3n) is 5.34. The van der Waals surface area contributed by atoms with Crippen molar-refractivity contribution in [2.24, 2.45) is 0 Å². The molecule has 4 rings (SSSR count). The second-order valence-corrected chi connectivity index (χ2v) is 6.91. The fourth-order valence-corrected chi connectivity index (χ4v) is 4.02. The fraction of sp³-hybridized carbons (Fsp3) is 0.474. The molecule has 24 heavy (non-hydrogen) atoms. The third-order valence-corrected chi connectivity index (χ3v) is 5.34. The fourth-order valence-electron chi connectivity index (χ4n) is 4.02. The summed E-state index contributed by atoms with van der Waals surface area (Å²) in [6.07, 6.45) is 6.62. The summed E-state index contributed by atoms with van der Waals surface area (Å²) in [7, 11) is 0. The number of amides is 2. The van der Waals surface area contributed by atoms with Gasteiger partial charge in [-0.1, -0.05) is 37.5 Å². The molecule has 0 radical (unpaired) electrons. The van der Waals surface area contributed by atoms with Crippen molar-refractivity contribution in [2.45, 2.75) is 50.6 Å². The minimum absolute atomic E-state index is 0.0892. The molecule has 1 aliphatic heterocycles. The normalized spacial score (nSPS) is 22.2. The number of rotatable bonds is 3. The molecule has 2 aliphatic rings. The number of carbonyl (C=O) groups is 2. The van der Waals surface area contributed by atoms with Gasteiger partial charge >= 0.3 is 0 Å². The molecule has 2 N–H and O–H groups in total. The number of hydrogen-bond donors (Lipinski definition) is 2. The highest BCUT2D eigenvalue weighted by molar-refractivity contribution is 6.00. The number of para-hydroxylation sites is 1. The maximum absolute atomic E-state index is 12.6. The molecular weight excluding hydrogens is 302 g/mol. The van der Waals surface area contributed by atoms with E-state index in [1.165, 1.54) is 19.3 Å². The molecule has 1 saturated heterocycles. The summed E-state index contributed by atoms with van der Waals surface area (Å²) in [6, 6.07) is 9.62. The van der Waals surface area contributed by atoms with Gasteiger partial charge < -0.3 is 15.2 Å². The van der Waals surface area contributed by atoms with Gasteiger partial charge in [0.05, 0.1) is 0 Å². The molecular formula is C19H23N3O2. The van der Waals surface area contributed by atoms with Gasteiger partial charge in [0.1, 0.15) is 11.7 Å². The monoisotopic (exact) mass is 325 g/mol. The Morgan fingerprint density at radius 3 is 2.71 bits per heavy atom. The summed E-state index contributed by atoms with van der Waals surface area (Å²) >= 11 is 0. The van der Waals surface area contributed by atoms with E-state index in [4.69, 9.17) is 0 Å². The molecule has 126 valence electrons. The predicted octanol–water partition coefficient (Wildman–Crippen LogP) is 2.83. The number of benzene rings is 1. The Bertz CT molecular complexity index is 728. The summed E-state index contributed by atoms with van der Waals surface area (Å²) < 4.78 is 0. The molecule has 1 saturated carbocycles. The molecule has 1 aromatic carbocycles. The molecule has 2 amide bonds. The number of hydrogen-bond acceptors (Lipinski definition) is 2. The predicted molar refractivity (Wildman–Crippen MR) is 92.8 cm³/mol. The first-order chi connectivity index (χ1) is 11.7. The van der Waals surface area contributed by atoms with Crippen LogP contribution in [0.5, 0.6) is 0 Å². The zero-order valence-electron chi connectivity index (χ0n) is 13.8. The Balaban J connectivity index is 1.43. The van der Waals surface area contributed by atoms with E-state index in [1.807, 2.05) is 35.2 Å². The second-order valence-electron chi connectivity index (χ2n) is 6.91. The lowest BCUT2D eigenvalue weighted by molar-refractivity contribution is -0.131. The van der Waals surface area contributed by atoms with Crippen LogP contribution in [0.4, 0.5) is 0 Å². The van der Waals surface area contributed by atoms with Gasteiger partial charge in [0.2, 0.25) is 5.91 Å². The molecule has 1 atom stereocenters. The van der Waals surface area contributed by atoms with E-state index in [0.717, 1.165) is 30.3 Å². The molecule has 5 heteroatoms. The zero-order valence-corrected chi connectivity index (χ0v) is 13.8. The van der Waals surface area contributed by atoms with Gasteiger partial charge in [-0.2, -0.15) is 0 Å². The smallest absolute Gasteiger partial charge is 0.268 e. The number of H-pyrrole nitrogens is 1. The van der Waals surface area contributed by atoms with Crippen LogP contribution >= 0.6 is 0 Å². The number of nitrogens with one attached hydrogen (secondary N) is 2. The summed E-state index contributed by atoms with van der Waals surface area (Å²) in [5.41, 5.74) is 1.45.